The summed E-state index contributed by atoms with van der Waals surface area (Å²) in [7, 11) is 0. The average Bonchev–Trinajstić information content (AvgIpc) is 2.27. The predicted molar refractivity (Wildman–Crippen MR) is 86.5 cm³/mol. The molecule has 19 heavy (non-hydrogen) atoms. The number of aryl methyl sites for hydroxylation is 1. The number of nitrogens with two attached hydrogens (primary N) is 1. The summed E-state index contributed by atoms with van der Waals surface area (Å²) < 4.78 is 0. The lowest BCUT2D eigenvalue weighted by molar-refractivity contribution is 0.304. The molecule has 0 fully saturated rings. The second-order valence-corrected chi connectivity index (χ2v) is 6.22. The Labute approximate surface area is 122 Å². The maximum Gasteiger partial charge on any atom is 0.126 e. The van der Waals surface area contributed by atoms with Gasteiger partial charge in [-0.25, -0.2) is 4.98 Å². The third kappa shape index (κ3) is 4.78. The van der Waals surface area contributed by atoms with E-state index in [1.807, 2.05) is 19.1 Å². The second-order valence-electron chi connectivity index (χ2n) is 5.78. The van der Waals surface area contributed by atoms with Gasteiger partial charge in [-0.3, -0.25) is 0 Å². The van der Waals surface area contributed by atoms with Crippen LogP contribution in [0.5, 0.6) is 0 Å². The monoisotopic (exact) mass is 279 g/mol. The normalized spacial score (nSPS) is 11.4. The molecule has 106 valence electrons. The van der Waals surface area contributed by atoms with E-state index in [1.54, 1.807) is 0 Å². The zero-order valence-electron chi connectivity index (χ0n) is 12.5. The van der Waals surface area contributed by atoms with Crippen LogP contribution in [0.15, 0.2) is 12.1 Å². The molecule has 3 N–H and O–H groups in total. The summed E-state index contributed by atoms with van der Waals surface area (Å²) >= 11 is 5.02. The number of nitrogens with one attached hydrogen (secondary N) is 1. The summed E-state index contributed by atoms with van der Waals surface area (Å²) in [4.78, 5) is 4.90. The van der Waals surface area contributed by atoms with Crippen molar-refractivity contribution in [1.29, 1.82) is 0 Å². The zero-order valence-corrected chi connectivity index (χ0v) is 13.3. The molecule has 3 nitrogen and oxygen atoms in total. The Kier molecular flexibility index (Phi) is 5.73. The van der Waals surface area contributed by atoms with E-state index in [4.69, 9.17) is 18.0 Å². The van der Waals surface area contributed by atoms with Gasteiger partial charge in [-0.1, -0.05) is 39.9 Å². The number of nitrogens with zero attached hydrogens (tertiary/aromatic N) is 1. The highest BCUT2D eigenvalue weighted by atomic mass is 32.1. The molecule has 0 amide bonds. The lowest BCUT2D eigenvalue weighted by Gasteiger charge is -2.25. The maximum absolute atomic E-state index is 5.68. The van der Waals surface area contributed by atoms with Crippen molar-refractivity contribution in [1.82, 2.24) is 4.98 Å². The van der Waals surface area contributed by atoms with Gasteiger partial charge in [0.05, 0.1) is 0 Å². The Bertz CT molecular complexity index is 433. The Morgan fingerprint density at radius 1 is 1.26 bits per heavy atom. The van der Waals surface area contributed by atoms with Crippen LogP contribution < -0.4 is 11.1 Å². The first kappa shape index (κ1) is 15.9. The summed E-state index contributed by atoms with van der Waals surface area (Å²) in [5, 5.41) is 3.42. The maximum atomic E-state index is 5.68. The third-order valence-electron chi connectivity index (χ3n) is 3.47. The Balaban J connectivity index is 2.79. The summed E-state index contributed by atoms with van der Waals surface area (Å²) in [5.74, 6) is 2.77. The first-order valence-corrected chi connectivity index (χ1v) is 7.24. The molecule has 0 bridgehead atoms. The first-order chi connectivity index (χ1) is 8.81. The number of rotatable bonds is 6. The van der Waals surface area contributed by atoms with E-state index in [2.05, 4.69) is 38.0 Å². The van der Waals surface area contributed by atoms with Crippen molar-refractivity contribution in [2.24, 2.45) is 23.5 Å². The quantitative estimate of drug-likeness (QED) is 0.784. The molecule has 1 aromatic heterocycles. The van der Waals surface area contributed by atoms with E-state index in [1.165, 1.54) is 0 Å². The number of aromatic nitrogens is 1. The van der Waals surface area contributed by atoms with Gasteiger partial charge in [-0.05, 0) is 36.8 Å². The fourth-order valence-corrected chi connectivity index (χ4v) is 2.48. The molecule has 0 aliphatic rings. The second kappa shape index (κ2) is 6.85. The van der Waals surface area contributed by atoms with Crippen LogP contribution in [-0.4, -0.2) is 16.5 Å². The topological polar surface area (TPSA) is 50.9 Å². The van der Waals surface area contributed by atoms with E-state index in [0.717, 1.165) is 23.6 Å². The Morgan fingerprint density at radius 2 is 1.84 bits per heavy atom. The molecular formula is C15H25N3S. The van der Waals surface area contributed by atoms with Crippen LogP contribution in [0.25, 0.3) is 0 Å². The molecule has 0 unspecified atom stereocenters. The van der Waals surface area contributed by atoms with Crippen molar-refractivity contribution in [3.05, 3.63) is 23.4 Å². The highest BCUT2D eigenvalue weighted by molar-refractivity contribution is 7.80. The predicted octanol–water partition coefficient (Wildman–Crippen LogP) is 3.36. The first-order valence-electron chi connectivity index (χ1n) is 6.83. The largest absolute Gasteiger partial charge is 0.389 e. The zero-order chi connectivity index (χ0) is 14.6. The molecule has 0 saturated carbocycles. The van der Waals surface area contributed by atoms with Crippen molar-refractivity contribution in [2.75, 3.05) is 11.9 Å². The van der Waals surface area contributed by atoms with Gasteiger partial charge in [0.25, 0.3) is 0 Å². The van der Waals surface area contributed by atoms with Gasteiger partial charge < -0.3 is 11.1 Å². The lowest BCUT2D eigenvalue weighted by atomic mass is 9.85. The highest BCUT2D eigenvalue weighted by Gasteiger charge is 2.17. The fraction of sp³-hybridized carbons (Fsp3) is 0.600. The number of hydrogen-bond acceptors (Lipinski definition) is 3. The summed E-state index contributed by atoms with van der Waals surface area (Å²) in [6.07, 6.45) is 0. The number of thiocarbonyl (C=S) groups is 1. The van der Waals surface area contributed by atoms with Crippen LogP contribution in [0, 0.1) is 24.7 Å². The van der Waals surface area contributed by atoms with Gasteiger partial charge in [-0.2, -0.15) is 0 Å². The number of anilines is 1. The minimum Gasteiger partial charge on any atom is -0.389 e. The SMILES string of the molecule is Cc1cc(C(N)=S)cc(NCC(C(C)C)C(C)C)n1. The van der Waals surface area contributed by atoms with Crippen LogP contribution in [0.3, 0.4) is 0 Å². The molecule has 1 rings (SSSR count). The molecular weight excluding hydrogens is 254 g/mol. The molecule has 4 heteroatoms. The molecule has 0 aliphatic heterocycles. The van der Waals surface area contributed by atoms with Gasteiger partial charge in [0.2, 0.25) is 0 Å². The average molecular weight is 279 g/mol. The van der Waals surface area contributed by atoms with E-state index >= 15 is 0 Å². The standard InChI is InChI=1S/C15H25N3S/c1-9(2)13(10(3)4)8-17-14-7-12(15(16)19)6-11(5)18-14/h6-7,9-10,13H,8H2,1-5H3,(H2,16,19)(H,17,18). The molecule has 1 heterocycles. The van der Waals surface area contributed by atoms with Crippen molar-refractivity contribution >= 4 is 23.0 Å². The molecule has 0 spiro atoms. The fourth-order valence-electron chi connectivity index (χ4n) is 2.36. The molecule has 0 atom stereocenters. The van der Waals surface area contributed by atoms with E-state index in [-0.39, 0.29) is 0 Å². The van der Waals surface area contributed by atoms with Gasteiger partial charge in [0.1, 0.15) is 10.8 Å². The van der Waals surface area contributed by atoms with Crippen molar-refractivity contribution in [3.63, 3.8) is 0 Å². The number of pyridine rings is 1. The van der Waals surface area contributed by atoms with Crippen LogP contribution in [0.2, 0.25) is 0 Å². The summed E-state index contributed by atoms with van der Waals surface area (Å²) in [6, 6.07) is 3.84. The summed E-state index contributed by atoms with van der Waals surface area (Å²) in [6.45, 7) is 11.9. The van der Waals surface area contributed by atoms with E-state index < -0.39 is 0 Å². The summed E-state index contributed by atoms with van der Waals surface area (Å²) in [5.41, 5.74) is 7.48. The molecule has 1 aromatic rings. The Morgan fingerprint density at radius 3 is 2.32 bits per heavy atom. The van der Waals surface area contributed by atoms with Crippen LogP contribution in [0.1, 0.15) is 39.0 Å². The van der Waals surface area contributed by atoms with E-state index in [0.29, 0.717) is 22.7 Å². The number of hydrogen-bond donors (Lipinski definition) is 2. The highest BCUT2D eigenvalue weighted by Crippen LogP contribution is 2.21. The van der Waals surface area contributed by atoms with Crippen LogP contribution in [-0.2, 0) is 0 Å². The lowest BCUT2D eigenvalue weighted by Crippen LogP contribution is -2.25. The third-order valence-corrected chi connectivity index (χ3v) is 3.71. The Hall–Kier alpha value is -1.16. The van der Waals surface area contributed by atoms with Gasteiger partial charge in [0.15, 0.2) is 0 Å². The molecule has 0 aromatic carbocycles. The minimum atomic E-state index is 0.415. The van der Waals surface area contributed by atoms with Gasteiger partial charge in [0, 0.05) is 17.8 Å². The van der Waals surface area contributed by atoms with Crippen LogP contribution in [0.4, 0.5) is 5.82 Å². The minimum absolute atomic E-state index is 0.415. The molecule has 0 saturated heterocycles. The van der Waals surface area contributed by atoms with Crippen molar-refractivity contribution in [2.45, 2.75) is 34.6 Å². The van der Waals surface area contributed by atoms with Gasteiger partial charge >= 0.3 is 0 Å². The van der Waals surface area contributed by atoms with E-state index in [9.17, 15) is 0 Å². The molecule has 0 aliphatic carbocycles. The van der Waals surface area contributed by atoms with Crippen LogP contribution >= 0.6 is 12.2 Å². The van der Waals surface area contributed by atoms with Gasteiger partial charge in [-0.15, -0.1) is 0 Å². The van der Waals surface area contributed by atoms with Crippen molar-refractivity contribution < 1.29 is 0 Å². The molecule has 0 radical (unpaired) electrons. The smallest absolute Gasteiger partial charge is 0.126 e. The van der Waals surface area contributed by atoms with Crippen molar-refractivity contribution in [3.8, 4) is 0 Å².